The molecular weight excluding hydrogens is 246 g/mol. The number of amides is 1. The Balaban J connectivity index is 0.00000361. The van der Waals surface area contributed by atoms with Crippen molar-refractivity contribution >= 4 is 17.7 Å². The second-order valence-corrected chi connectivity index (χ2v) is 4.47. The number of esters is 1. The number of ether oxygens (including phenoxy) is 2. The number of carbonyl (C=O) groups excluding carboxylic acids is 2. The molecule has 1 unspecified atom stereocenters. The molecule has 1 aromatic carbocycles. The monoisotopic (exact) mass is 267 g/mol. The van der Waals surface area contributed by atoms with E-state index in [2.05, 4.69) is 10.1 Å². The van der Waals surface area contributed by atoms with Crippen LogP contribution in [-0.4, -0.2) is 19.2 Å². The highest BCUT2D eigenvalue weighted by Crippen LogP contribution is 2.20. The first kappa shape index (κ1) is 15.0. The van der Waals surface area contributed by atoms with Gasteiger partial charge in [0.15, 0.2) is 0 Å². The first-order valence-corrected chi connectivity index (χ1v) is 6.09. The Labute approximate surface area is 114 Å². The van der Waals surface area contributed by atoms with Crippen LogP contribution in [0.4, 0.5) is 10.5 Å². The van der Waals surface area contributed by atoms with E-state index in [9.17, 15) is 9.59 Å². The Bertz CT molecular complexity index is 445. The molecule has 0 bridgehead atoms. The lowest BCUT2D eigenvalue weighted by molar-refractivity contribution is -0.152. The average Bonchev–Trinajstić information content (AvgIpc) is 2.39. The van der Waals surface area contributed by atoms with Crippen LogP contribution in [0.2, 0.25) is 0 Å². The van der Waals surface area contributed by atoms with Crippen molar-refractivity contribution in [2.24, 2.45) is 5.92 Å². The van der Waals surface area contributed by atoms with Crippen molar-refractivity contribution in [3.05, 3.63) is 29.8 Å². The van der Waals surface area contributed by atoms with Crippen LogP contribution in [0.5, 0.6) is 0 Å². The summed E-state index contributed by atoms with van der Waals surface area (Å²) in [4.78, 5) is 22.5. The minimum absolute atomic E-state index is 0. The zero-order valence-corrected chi connectivity index (χ0v) is 11.6. The summed E-state index contributed by atoms with van der Waals surface area (Å²) in [5.41, 5.74) is 1.49. The summed E-state index contributed by atoms with van der Waals surface area (Å²) in [6.45, 7) is 5.39. The highest BCUT2D eigenvalue weighted by Gasteiger charge is 2.14. The van der Waals surface area contributed by atoms with Gasteiger partial charge in [-0.05, 0) is 24.6 Å². The molecule has 0 spiro atoms. The van der Waals surface area contributed by atoms with Crippen LogP contribution >= 0.6 is 0 Å². The summed E-state index contributed by atoms with van der Waals surface area (Å²) in [6, 6.07) is 7.05. The molecule has 1 atom stereocenters. The summed E-state index contributed by atoms with van der Waals surface area (Å²) in [6.07, 6.45) is -0.839. The molecule has 5 nitrogen and oxygen atoms in total. The van der Waals surface area contributed by atoms with Gasteiger partial charge >= 0.3 is 12.1 Å². The Morgan fingerprint density at radius 3 is 2.21 bits per heavy atom. The SMILES string of the molecule is COC(=O)Nc1ccc(C(C)OC(=O)C(C)C)cc1.[HH]. The van der Waals surface area contributed by atoms with E-state index in [1.165, 1.54) is 7.11 Å². The van der Waals surface area contributed by atoms with Crippen LogP contribution in [0, 0.1) is 5.92 Å². The molecule has 1 aromatic rings. The molecule has 0 fully saturated rings. The average molecular weight is 267 g/mol. The molecule has 5 heteroatoms. The minimum atomic E-state index is -0.521. The van der Waals surface area contributed by atoms with E-state index in [4.69, 9.17) is 4.74 Å². The molecule has 0 aliphatic heterocycles. The molecule has 19 heavy (non-hydrogen) atoms. The highest BCUT2D eigenvalue weighted by molar-refractivity contribution is 5.84. The summed E-state index contributed by atoms with van der Waals surface area (Å²) >= 11 is 0. The molecule has 1 N–H and O–H groups in total. The van der Waals surface area contributed by atoms with Crippen molar-refractivity contribution in [2.45, 2.75) is 26.9 Å². The summed E-state index contributed by atoms with van der Waals surface area (Å²) < 4.78 is 9.78. The van der Waals surface area contributed by atoms with Crippen molar-refractivity contribution in [1.82, 2.24) is 0 Å². The number of anilines is 1. The molecule has 106 valence electrons. The van der Waals surface area contributed by atoms with Crippen molar-refractivity contribution < 1.29 is 20.5 Å². The molecule has 0 saturated carbocycles. The Hall–Kier alpha value is -2.04. The van der Waals surface area contributed by atoms with E-state index in [1.54, 1.807) is 38.1 Å². The van der Waals surface area contributed by atoms with Gasteiger partial charge < -0.3 is 9.47 Å². The molecule has 0 heterocycles. The van der Waals surface area contributed by atoms with Crippen LogP contribution < -0.4 is 5.32 Å². The van der Waals surface area contributed by atoms with Gasteiger partial charge in [-0.15, -0.1) is 0 Å². The van der Waals surface area contributed by atoms with Crippen LogP contribution in [0.1, 0.15) is 33.9 Å². The fourth-order valence-corrected chi connectivity index (χ4v) is 1.38. The number of benzene rings is 1. The van der Waals surface area contributed by atoms with Gasteiger partial charge in [-0.3, -0.25) is 10.1 Å². The van der Waals surface area contributed by atoms with Gasteiger partial charge in [0.25, 0.3) is 0 Å². The minimum Gasteiger partial charge on any atom is -0.458 e. The molecule has 0 aliphatic rings. The van der Waals surface area contributed by atoms with Crippen LogP contribution in [0.3, 0.4) is 0 Å². The van der Waals surface area contributed by atoms with Crippen LogP contribution in [0.25, 0.3) is 0 Å². The highest BCUT2D eigenvalue weighted by atomic mass is 16.5. The largest absolute Gasteiger partial charge is 0.458 e. The summed E-state index contributed by atoms with van der Waals surface area (Å²) in [5, 5.41) is 2.55. The lowest BCUT2D eigenvalue weighted by Gasteiger charge is -2.15. The quantitative estimate of drug-likeness (QED) is 0.849. The van der Waals surface area contributed by atoms with Gasteiger partial charge in [-0.2, -0.15) is 0 Å². The van der Waals surface area contributed by atoms with Crippen LogP contribution in [-0.2, 0) is 14.3 Å². The van der Waals surface area contributed by atoms with E-state index in [-0.39, 0.29) is 19.4 Å². The van der Waals surface area contributed by atoms with Gasteiger partial charge in [-0.1, -0.05) is 26.0 Å². The summed E-state index contributed by atoms with van der Waals surface area (Å²) in [5.74, 6) is -0.382. The van der Waals surface area contributed by atoms with Crippen molar-refractivity contribution in [3.8, 4) is 0 Å². The Morgan fingerprint density at radius 2 is 1.74 bits per heavy atom. The van der Waals surface area contributed by atoms with Gasteiger partial charge in [0, 0.05) is 7.11 Å². The van der Waals surface area contributed by atoms with Gasteiger partial charge in [0.05, 0.1) is 13.0 Å². The predicted octanol–water partition coefficient (Wildman–Crippen LogP) is 3.37. The number of carbonyl (C=O) groups is 2. The third kappa shape index (κ3) is 4.62. The number of hydrogen-bond acceptors (Lipinski definition) is 4. The first-order valence-electron chi connectivity index (χ1n) is 6.09. The fourth-order valence-electron chi connectivity index (χ4n) is 1.38. The topological polar surface area (TPSA) is 64.6 Å². The number of methoxy groups -OCH3 is 1. The third-order valence-electron chi connectivity index (χ3n) is 2.58. The lowest BCUT2D eigenvalue weighted by Crippen LogP contribution is -2.14. The van der Waals surface area contributed by atoms with Gasteiger partial charge in [-0.25, -0.2) is 4.79 Å². The van der Waals surface area contributed by atoms with E-state index in [0.29, 0.717) is 5.69 Å². The van der Waals surface area contributed by atoms with Crippen molar-refractivity contribution in [3.63, 3.8) is 0 Å². The standard InChI is InChI=1S/C14H19NO4.H2/c1-9(2)13(16)19-10(3)11-5-7-12(8-6-11)15-14(17)18-4;/h5-10H,1-4H3,(H,15,17);1H. The second kappa shape index (κ2) is 6.78. The van der Waals surface area contributed by atoms with Crippen LogP contribution in [0.15, 0.2) is 24.3 Å². The molecular formula is C14H21NO4. The molecule has 1 rings (SSSR count). The van der Waals surface area contributed by atoms with Gasteiger partial charge in [0.1, 0.15) is 6.10 Å². The van der Waals surface area contributed by atoms with Crippen molar-refractivity contribution in [2.75, 3.05) is 12.4 Å². The maximum Gasteiger partial charge on any atom is 0.411 e. The third-order valence-corrected chi connectivity index (χ3v) is 2.58. The molecule has 0 saturated heterocycles. The van der Waals surface area contributed by atoms with Crippen molar-refractivity contribution in [1.29, 1.82) is 0 Å². The van der Waals surface area contributed by atoms with E-state index in [0.717, 1.165) is 5.56 Å². The smallest absolute Gasteiger partial charge is 0.411 e. The lowest BCUT2D eigenvalue weighted by atomic mass is 10.1. The fraction of sp³-hybridized carbons (Fsp3) is 0.429. The second-order valence-electron chi connectivity index (χ2n) is 4.47. The maximum atomic E-state index is 11.5. The molecule has 1 amide bonds. The number of nitrogens with one attached hydrogen (secondary N) is 1. The Kier molecular flexibility index (Phi) is 5.36. The Morgan fingerprint density at radius 1 is 1.16 bits per heavy atom. The predicted molar refractivity (Wildman–Crippen MR) is 73.9 cm³/mol. The first-order chi connectivity index (χ1) is 8.93. The zero-order chi connectivity index (χ0) is 14.4. The van der Waals surface area contributed by atoms with E-state index < -0.39 is 6.09 Å². The van der Waals surface area contributed by atoms with E-state index >= 15 is 0 Å². The normalized spacial score (nSPS) is 11.8. The number of rotatable bonds is 4. The molecule has 0 radical (unpaired) electrons. The summed E-state index contributed by atoms with van der Waals surface area (Å²) in [7, 11) is 1.30. The molecule has 0 aliphatic carbocycles. The maximum absolute atomic E-state index is 11.5. The van der Waals surface area contributed by atoms with E-state index in [1.807, 2.05) is 6.92 Å². The molecule has 0 aromatic heterocycles. The zero-order valence-electron chi connectivity index (χ0n) is 11.6. The van der Waals surface area contributed by atoms with Gasteiger partial charge in [0.2, 0.25) is 0 Å². The number of hydrogen-bond donors (Lipinski definition) is 1.